The predicted octanol–water partition coefficient (Wildman–Crippen LogP) is 5.73. The smallest absolute Gasteiger partial charge is 0.227 e. The van der Waals surface area contributed by atoms with Crippen molar-refractivity contribution in [2.24, 2.45) is 5.92 Å². The van der Waals surface area contributed by atoms with Gasteiger partial charge < -0.3 is 4.90 Å². The van der Waals surface area contributed by atoms with E-state index in [1.165, 1.54) is 17.0 Å². The highest BCUT2D eigenvalue weighted by Gasteiger charge is 2.31. The first-order valence-corrected chi connectivity index (χ1v) is 8.52. The molecule has 1 amide bonds. The van der Waals surface area contributed by atoms with Gasteiger partial charge >= 0.3 is 0 Å². The summed E-state index contributed by atoms with van der Waals surface area (Å²) in [7, 11) is 0. The molecule has 1 heterocycles. The Morgan fingerprint density at radius 3 is 2.48 bits per heavy atom. The Hall–Kier alpha value is -1.91. The van der Waals surface area contributed by atoms with Crippen LogP contribution in [0.4, 0.5) is 14.5 Å². The van der Waals surface area contributed by atoms with Crippen molar-refractivity contribution >= 4 is 40.4 Å². The van der Waals surface area contributed by atoms with Gasteiger partial charge in [-0.2, -0.15) is 0 Å². The monoisotopic (exact) mass is 381 g/mol. The van der Waals surface area contributed by atoms with Gasteiger partial charge in [0, 0.05) is 30.5 Å². The first kappa shape index (κ1) is 17.9. The summed E-state index contributed by atoms with van der Waals surface area (Å²) in [4.78, 5) is 13.9. The van der Waals surface area contributed by atoms with Crippen molar-refractivity contribution in [3.63, 3.8) is 0 Å². The molecule has 1 unspecified atom stereocenters. The maximum absolute atomic E-state index is 14.1. The number of hydrogen-bond donors (Lipinski definition) is 0. The number of para-hydroxylation sites is 1. The molecule has 0 aromatic heterocycles. The van der Waals surface area contributed by atoms with Crippen LogP contribution in [0, 0.1) is 17.6 Å². The van der Waals surface area contributed by atoms with Gasteiger partial charge in [0.05, 0.1) is 15.7 Å². The van der Waals surface area contributed by atoms with Gasteiger partial charge in [0.2, 0.25) is 5.91 Å². The number of carbonyl (C=O) groups excluding carboxylic acids is 1. The quantitative estimate of drug-likeness (QED) is 0.664. The Labute approximate surface area is 154 Å². The van der Waals surface area contributed by atoms with E-state index in [9.17, 15) is 13.6 Å². The number of nitrogens with zero attached hydrogens (tertiary/aromatic N) is 1. The molecule has 1 fully saturated rings. The lowest BCUT2D eigenvalue weighted by Gasteiger charge is -2.34. The van der Waals surface area contributed by atoms with Crippen molar-refractivity contribution in [3.05, 3.63) is 70.2 Å². The van der Waals surface area contributed by atoms with E-state index in [2.05, 4.69) is 6.58 Å². The van der Waals surface area contributed by atoms with Gasteiger partial charge in [0.25, 0.3) is 0 Å². The average Bonchev–Trinajstić information content (AvgIpc) is 2.56. The summed E-state index contributed by atoms with van der Waals surface area (Å²) in [6, 6.07) is 8.42. The van der Waals surface area contributed by atoms with Crippen LogP contribution in [0.5, 0.6) is 0 Å². The molecule has 6 heteroatoms. The van der Waals surface area contributed by atoms with Crippen molar-refractivity contribution in [3.8, 4) is 0 Å². The number of halogens is 4. The van der Waals surface area contributed by atoms with Crippen LogP contribution in [0.3, 0.4) is 0 Å². The normalized spacial score (nSPS) is 17.7. The molecule has 0 N–H and O–H groups in total. The lowest BCUT2D eigenvalue weighted by molar-refractivity contribution is -0.119. The summed E-state index contributed by atoms with van der Waals surface area (Å²) in [5, 5.41) is 0.750. The van der Waals surface area contributed by atoms with Crippen LogP contribution < -0.4 is 4.90 Å². The maximum atomic E-state index is 14.1. The van der Waals surface area contributed by atoms with Crippen LogP contribution >= 0.6 is 23.2 Å². The summed E-state index contributed by atoms with van der Waals surface area (Å²) in [6.45, 7) is 4.26. The largest absolute Gasteiger partial charge is 0.309 e. The number of rotatable bonds is 3. The molecule has 0 radical (unpaired) electrons. The van der Waals surface area contributed by atoms with E-state index in [0.717, 1.165) is 6.07 Å². The third-order valence-electron chi connectivity index (χ3n) is 4.39. The van der Waals surface area contributed by atoms with Crippen molar-refractivity contribution < 1.29 is 13.6 Å². The zero-order valence-electron chi connectivity index (χ0n) is 13.2. The fourth-order valence-electron chi connectivity index (χ4n) is 3.06. The molecule has 0 bridgehead atoms. The molecule has 1 aliphatic heterocycles. The minimum atomic E-state index is -0.663. The topological polar surface area (TPSA) is 20.3 Å². The van der Waals surface area contributed by atoms with Crippen LogP contribution in [0.2, 0.25) is 10.0 Å². The summed E-state index contributed by atoms with van der Waals surface area (Å²) < 4.78 is 27.2. The second-order valence-electron chi connectivity index (χ2n) is 5.96. The fourth-order valence-corrected chi connectivity index (χ4v) is 3.66. The number of piperidine rings is 1. The second kappa shape index (κ2) is 7.14. The molecule has 25 heavy (non-hydrogen) atoms. The van der Waals surface area contributed by atoms with Gasteiger partial charge in [-0.1, -0.05) is 35.8 Å². The summed E-state index contributed by atoms with van der Waals surface area (Å²) >= 11 is 12.4. The van der Waals surface area contributed by atoms with Crippen molar-refractivity contribution in [2.45, 2.75) is 12.8 Å². The Balaban J connectivity index is 1.90. The van der Waals surface area contributed by atoms with E-state index in [1.807, 2.05) is 0 Å². The molecule has 1 atom stereocenters. The number of anilines is 1. The van der Waals surface area contributed by atoms with Gasteiger partial charge in [-0.05, 0) is 36.3 Å². The fraction of sp³-hybridized carbons (Fsp3) is 0.211. The van der Waals surface area contributed by atoms with Crippen LogP contribution in [-0.4, -0.2) is 12.5 Å². The van der Waals surface area contributed by atoms with E-state index >= 15 is 0 Å². The minimum absolute atomic E-state index is 0.0985. The highest BCUT2D eigenvalue weighted by atomic mass is 35.5. The minimum Gasteiger partial charge on any atom is -0.309 e. The van der Waals surface area contributed by atoms with Gasteiger partial charge in [0.1, 0.15) is 11.6 Å². The van der Waals surface area contributed by atoms with Gasteiger partial charge in [-0.15, -0.1) is 0 Å². The molecule has 2 nitrogen and oxygen atoms in total. The van der Waals surface area contributed by atoms with Crippen LogP contribution in [0.15, 0.2) is 43.0 Å². The second-order valence-corrected chi connectivity index (χ2v) is 6.77. The SMILES string of the molecule is C=C(c1ccc(F)cc1F)C1CCC(=O)N(c2c(Cl)cccc2Cl)C1. The van der Waals surface area contributed by atoms with E-state index < -0.39 is 11.6 Å². The third kappa shape index (κ3) is 3.55. The zero-order valence-corrected chi connectivity index (χ0v) is 14.7. The standard InChI is InChI=1S/C19H15Cl2F2NO/c1-11(14-7-6-13(22)9-17(14)23)12-5-8-18(25)24(10-12)19-15(20)3-2-4-16(19)21/h2-4,6-7,9,12H,1,5,8,10H2. The van der Waals surface area contributed by atoms with Crippen LogP contribution in [0.1, 0.15) is 18.4 Å². The van der Waals surface area contributed by atoms with E-state index in [-0.39, 0.29) is 30.4 Å². The molecule has 0 saturated carbocycles. The first-order valence-electron chi connectivity index (χ1n) is 7.77. The molecular weight excluding hydrogens is 367 g/mol. The molecule has 3 rings (SSSR count). The van der Waals surface area contributed by atoms with Crippen molar-refractivity contribution in [1.29, 1.82) is 0 Å². The van der Waals surface area contributed by atoms with E-state index in [1.54, 1.807) is 18.2 Å². The zero-order chi connectivity index (χ0) is 18.1. The number of benzene rings is 2. The molecular formula is C19H15Cl2F2NO. The predicted molar refractivity (Wildman–Crippen MR) is 96.9 cm³/mol. The number of amides is 1. The summed E-state index contributed by atoms with van der Waals surface area (Å²) in [5.74, 6) is -1.58. The lowest BCUT2D eigenvalue weighted by atomic mass is 9.86. The molecule has 1 aliphatic rings. The highest BCUT2D eigenvalue weighted by molar-refractivity contribution is 6.39. The van der Waals surface area contributed by atoms with Crippen molar-refractivity contribution in [2.75, 3.05) is 11.4 Å². The Morgan fingerprint density at radius 2 is 1.84 bits per heavy atom. The van der Waals surface area contributed by atoms with Crippen LogP contribution in [-0.2, 0) is 4.79 Å². The Morgan fingerprint density at radius 1 is 1.16 bits per heavy atom. The van der Waals surface area contributed by atoms with Crippen LogP contribution in [0.25, 0.3) is 5.57 Å². The molecule has 130 valence electrons. The lowest BCUT2D eigenvalue weighted by Crippen LogP contribution is -2.40. The molecule has 0 aliphatic carbocycles. The summed E-state index contributed by atoms with van der Waals surface area (Å²) in [5.41, 5.74) is 1.23. The molecule has 2 aromatic carbocycles. The maximum Gasteiger partial charge on any atom is 0.227 e. The van der Waals surface area contributed by atoms with Crippen molar-refractivity contribution in [1.82, 2.24) is 0 Å². The average molecular weight is 382 g/mol. The van der Waals surface area contributed by atoms with E-state index in [0.29, 0.717) is 27.7 Å². The highest BCUT2D eigenvalue weighted by Crippen LogP contribution is 2.39. The van der Waals surface area contributed by atoms with Gasteiger partial charge in [0.15, 0.2) is 0 Å². The van der Waals surface area contributed by atoms with E-state index in [4.69, 9.17) is 23.2 Å². The molecule has 2 aromatic rings. The molecule has 0 spiro atoms. The van der Waals surface area contributed by atoms with Gasteiger partial charge in [-0.3, -0.25) is 4.79 Å². The van der Waals surface area contributed by atoms with Gasteiger partial charge in [-0.25, -0.2) is 8.78 Å². The number of hydrogen-bond acceptors (Lipinski definition) is 1. The summed E-state index contributed by atoms with van der Waals surface area (Å²) in [6.07, 6.45) is 0.807. The first-order chi connectivity index (χ1) is 11.9. The number of carbonyl (C=O) groups is 1. The third-order valence-corrected chi connectivity index (χ3v) is 5.00. The Bertz CT molecular complexity index is 833. The Kier molecular flexibility index (Phi) is 5.11. The molecule has 1 saturated heterocycles.